The molecule has 23 heavy (non-hydrogen) atoms. The highest BCUT2D eigenvalue weighted by Crippen LogP contribution is 2.24. The molecule has 1 N–H and O–H groups in total. The highest BCUT2D eigenvalue weighted by Gasteiger charge is 2.34. The van der Waals surface area contributed by atoms with E-state index < -0.39 is 6.04 Å². The van der Waals surface area contributed by atoms with Crippen molar-refractivity contribution in [3.63, 3.8) is 0 Å². The average Bonchev–Trinajstić information content (AvgIpc) is 2.50. The van der Waals surface area contributed by atoms with Crippen LogP contribution in [0.1, 0.15) is 37.6 Å². The van der Waals surface area contributed by atoms with Crippen molar-refractivity contribution in [1.82, 2.24) is 15.2 Å². The van der Waals surface area contributed by atoms with Gasteiger partial charge in [-0.1, -0.05) is 25.4 Å². The van der Waals surface area contributed by atoms with Gasteiger partial charge in [0, 0.05) is 19.3 Å². The number of rotatable bonds is 5. The zero-order valence-electron chi connectivity index (χ0n) is 13.6. The average molecular weight is 340 g/mol. The molecule has 2 heterocycles. The summed E-state index contributed by atoms with van der Waals surface area (Å²) in [6.07, 6.45) is 2.06. The number of piperazine rings is 1. The van der Waals surface area contributed by atoms with Crippen molar-refractivity contribution in [1.29, 1.82) is 0 Å². The summed E-state index contributed by atoms with van der Waals surface area (Å²) < 4.78 is 5.28. The Balaban J connectivity index is 2.23. The van der Waals surface area contributed by atoms with Gasteiger partial charge in [-0.25, -0.2) is 4.98 Å². The first-order valence-electron chi connectivity index (χ1n) is 7.81. The zero-order chi connectivity index (χ0) is 17.0. The van der Waals surface area contributed by atoms with Crippen LogP contribution in [0.15, 0.2) is 12.3 Å². The Morgan fingerprint density at radius 1 is 1.57 bits per heavy atom. The molecule has 2 rings (SSSR count). The summed E-state index contributed by atoms with van der Waals surface area (Å²) in [7, 11) is 0. The minimum Gasteiger partial charge on any atom is -0.477 e. The molecule has 0 radical (unpaired) electrons. The lowest BCUT2D eigenvalue weighted by Gasteiger charge is -2.36. The van der Waals surface area contributed by atoms with E-state index in [0.29, 0.717) is 48.5 Å². The topological polar surface area (TPSA) is 71.5 Å². The first kappa shape index (κ1) is 17.5. The van der Waals surface area contributed by atoms with E-state index in [2.05, 4.69) is 10.3 Å². The summed E-state index contributed by atoms with van der Waals surface area (Å²) in [5.41, 5.74) is 0.363. The molecule has 0 saturated carbocycles. The highest BCUT2D eigenvalue weighted by atomic mass is 35.5. The number of aromatic nitrogens is 1. The number of hydrogen-bond donors (Lipinski definition) is 1. The molecule has 7 heteroatoms. The third-order valence-corrected chi connectivity index (χ3v) is 3.89. The Morgan fingerprint density at radius 3 is 2.91 bits per heavy atom. The Hall–Kier alpha value is -1.82. The van der Waals surface area contributed by atoms with Gasteiger partial charge < -0.3 is 15.0 Å². The highest BCUT2D eigenvalue weighted by molar-refractivity contribution is 6.32. The van der Waals surface area contributed by atoms with Gasteiger partial charge in [-0.2, -0.15) is 0 Å². The van der Waals surface area contributed by atoms with E-state index in [1.54, 1.807) is 11.0 Å². The minimum absolute atomic E-state index is 0.108. The van der Waals surface area contributed by atoms with E-state index in [1.807, 2.05) is 20.8 Å². The van der Waals surface area contributed by atoms with Crippen LogP contribution in [-0.4, -0.2) is 47.4 Å². The lowest BCUT2D eigenvalue weighted by molar-refractivity contribution is -0.128. The van der Waals surface area contributed by atoms with Crippen LogP contribution in [0.25, 0.3) is 0 Å². The second-order valence-corrected chi connectivity index (χ2v) is 6.29. The number of amides is 2. The van der Waals surface area contributed by atoms with Crippen LogP contribution < -0.4 is 10.1 Å². The van der Waals surface area contributed by atoms with Gasteiger partial charge in [0.05, 0.1) is 12.2 Å². The van der Waals surface area contributed by atoms with E-state index in [9.17, 15) is 9.59 Å². The molecule has 1 unspecified atom stereocenters. The van der Waals surface area contributed by atoms with Crippen molar-refractivity contribution in [2.75, 3.05) is 19.7 Å². The normalized spacial score (nSPS) is 18.0. The van der Waals surface area contributed by atoms with E-state index in [1.165, 1.54) is 6.20 Å². The molecule has 0 spiro atoms. The molecule has 1 fully saturated rings. The maximum absolute atomic E-state index is 12.8. The van der Waals surface area contributed by atoms with E-state index in [0.717, 1.165) is 0 Å². The fourth-order valence-electron chi connectivity index (χ4n) is 2.59. The predicted octanol–water partition coefficient (Wildman–Crippen LogP) is 2.12. The number of halogens is 1. The molecule has 0 bridgehead atoms. The van der Waals surface area contributed by atoms with Crippen molar-refractivity contribution < 1.29 is 14.3 Å². The van der Waals surface area contributed by atoms with Crippen molar-refractivity contribution in [2.45, 2.75) is 33.2 Å². The van der Waals surface area contributed by atoms with E-state index in [-0.39, 0.29) is 11.8 Å². The van der Waals surface area contributed by atoms with Crippen LogP contribution in [0, 0.1) is 5.92 Å². The maximum Gasteiger partial charge on any atom is 0.256 e. The smallest absolute Gasteiger partial charge is 0.256 e. The summed E-state index contributed by atoms with van der Waals surface area (Å²) >= 11 is 6.10. The minimum atomic E-state index is -0.457. The standard InChI is InChI=1S/C16H22ClN3O3/c1-4-23-15-12(17)8-11(9-19-15)16(22)20-6-5-18-14(21)13(20)7-10(2)3/h8-10,13H,4-7H2,1-3H3,(H,18,21). The lowest BCUT2D eigenvalue weighted by Crippen LogP contribution is -2.57. The molecule has 1 aromatic rings. The molecule has 1 aromatic heterocycles. The van der Waals surface area contributed by atoms with Gasteiger partial charge in [0.1, 0.15) is 11.1 Å². The molecule has 1 aliphatic heterocycles. The zero-order valence-corrected chi connectivity index (χ0v) is 14.4. The number of hydrogen-bond acceptors (Lipinski definition) is 4. The molecule has 2 amide bonds. The largest absolute Gasteiger partial charge is 0.477 e. The van der Waals surface area contributed by atoms with Crippen molar-refractivity contribution in [3.05, 3.63) is 22.8 Å². The summed E-state index contributed by atoms with van der Waals surface area (Å²) in [5, 5.41) is 3.11. The third-order valence-electron chi connectivity index (χ3n) is 3.62. The second-order valence-electron chi connectivity index (χ2n) is 5.88. The molecule has 1 saturated heterocycles. The lowest BCUT2D eigenvalue weighted by atomic mass is 9.99. The van der Waals surface area contributed by atoms with Gasteiger partial charge in [-0.05, 0) is 25.3 Å². The molecular weight excluding hydrogens is 318 g/mol. The second kappa shape index (κ2) is 7.64. The number of carbonyl (C=O) groups excluding carboxylic acids is 2. The van der Waals surface area contributed by atoms with Crippen molar-refractivity contribution >= 4 is 23.4 Å². The molecule has 6 nitrogen and oxygen atoms in total. The Bertz CT molecular complexity index is 592. The summed E-state index contributed by atoms with van der Waals surface area (Å²) in [6.45, 7) is 7.27. The SMILES string of the molecule is CCOc1ncc(C(=O)N2CCNC(=O)C2CC(C)C)cc1Cl. The van der Waals surface area contributed by atoms with E-state index >= 15 is 0 Å². The van der Waals surface area contributed by atoms with Gasteiger partial charge in [-0.15, -0.1) is 0 Å². The fourth-order valence-corrected chi connectivity index (χ4v) is 2.81. The predicted molar refractivity (Wildman–Crippen MR) is 87.7 cm³/mol. The fraction of sp³-hybridized carbons (Fsp3) is 0.562. The number of nitrogens with one attached hydrogen (secondary N) is 1. The van der Waals surface area contributed by atoms with Crippen LogP contribution in [-0.2, 0) is 4.79 Å². The quantitative estimate of drug-likeness (QED) is 0.892. The number of ether oxygens (including phenoxy) is 1. The van der Waals surface area contributed by atoms with Gasteiger partial charge in [0.25, 0.3) is 5.91 Å². The first-order chi connectivity index (χ1) is 10.9. The Labute approximate surface area is 141 Å². The monoisotopic (exact) mass is 339 g/mol. The van der Waals surface area contributed by atoms with Gasteiger partial charge in [-0.3, -0.25) is 9.59 Å². The van der Waals surface area contributed by atoms with Gasteiger partial charge in [0.15, 0.2) is 0 Å². The van der Waals surface area contributed by atoms with Crippen molar-refractivity contribution in [2.24, 2.45) is 5.92 Å². The first-order valence-corrected chi connectivity index (χ1v) is 8.18. The molecule has 0 aliphatic carbocycles. The summed E-state index contributed by atoms with van der Waals surface area (Å²) in [6, 6.07) is 1.09. The molecule has 1 atom stereocenters. The molecular formula is C16H22ClN3O3. The van der Waals surface area contributed by atoms with Crippen LogP contribution in [0.5, 0.6) is 5.88 Å². The number of pyridine rings is 1. The number of nitrogens with zero attached hydrogens (tertiary/aromatic N) is 2. The van der Waals surface area contributed by atoms with E-state index in [4.69, 9.17) is 16.3 Å². The summed E-state index contributed by atoms with van der Waals surface area (Å²) in [5.74, 6) is 0.272. The maximum atomic E-state index is 12.8. The molecule has 1 aliphatic rings. The van der Waals surface area contributed by atoms with Crippen LogP contribution in [0.3, 0.4) is 0 Å². The van der Waals surface area contributed by atoms with Gasteiger partial charge >= 0.3 is 0 Å². The molecule has 126 valence electrons. The molecule has 0 aromatic carbocycles. The van der Waals surface area contributed by atoms with Crippen LogP contribution in [0.4, 0.5) is 0 Å². The Kier molecular flexibility index (Phi) is 5.82. The summed E-state index contributed by atoms with van der Waals surface area (Å²) in [4.78, 5) is 30.6. The van der Waals surface area contributed by atoms with Crippen LogP contribution >= 0.6 is 11.6 Å². The third kappa shape index (κ3) is 4.13. The number of carbonyl (C=O) groups is 2. The van der Waals surface area contributed by atoms with Gasteiger partial charge in [0.2, 0.25) is 11.8 Å². The van der Waals surface area contributed by atoms with Crippen molar-refractivity contribution in [3.8, 4) is 5.88 Å². The Morgan fingerprint density at radius 2 is 2.30 bits per heavy atom. The van der Waals surface area contributed by atoms with Crippen LogP contribution in [0.2, 0.25) is 5.02 Å².